The van der Waals surface area contributed by atoms with Crippen LogP contribution < -0.4 is 4.74 Å². The third-order valence-electron chi connectivity index (χ3n) is 6.24. The van der Waals surface area contributed by atoms with Crippen LogP contribution in [-0.2, 0) is 6.61 Å². The van der Waals surface area contributed by atoms with Crippen LogP contribution in [0.1, 0.15) is 46.8 Å². The maximum absolute atomic E-state index is 13.7. The van der Waals surface area contributed by atoms with Crippen molar-refractivity contribution in [3.05, 3.63) is 83.0 Å². The zero-order valence-electron chi connectivity index (χ0n) is 18.9. The molecule has 1 amide bonds. The van der Waals surface area contributed by atoms with Crippen LogP contribution in [-0.4, -0.2) is 39.6 Å². The fraction of sp³-hybridized carbons (Fsp3) is 0.296. The van der Waals surface area contributed by atoms with E-state index in [-0.39, 0.29) is 24.7 Å². The number of hydrogen-bond donors (Lipinski definition) is 1. The number of aliphatic hydroxyl groups excluding tert-OH is 1. The number of ether oxygens (including phenoxy) is 1. The van der Waals surface area contributed by atoms with Crippen LogP contribution in [0.25, 0.3) is 11.1 Å². The monoisotopic (exact) mass is 441 g/mol. The summed E-state index contributed by atoms with van der Waals surface area (Å²) in [7, 11) is 0. The van der Waals surface area contributed by atoms with E-state index in [0.717, 1.165) is 29.5 Å². The molecule has 0 radical (unpaired) electrons. The van der Waals surface area contributed by atoms with Gasteiger partial charge in [0.05, 0.1) is 24.8 Å². The second-order valence-corrected chi connectivity index (χ2v) is 8.43. The SMILES string of the molecule is Cc1c(C#N)ccnc1OC1CCC(C)N(C(=O)c2ccc(CO)cc2-c2ccccc2)C1. The lowest BCUT2D eigenvalue weighted by molar-refractivity contribution is 0.0371. The van der Waals surface area contributed by atoms with Crippen molar-refractivity contribution in [3.63, 3.8) is 0 Å². The number of likely N-dealkylation sites (tertiary alicyclic amines) is 1. The maximum atomic E-state index is 13.7. The van der Waals surface area contributed by atoms with Gasteiger partial charge in [-0.1, -0.05) is 36.4 Å². The average molecular weight is 442 g/mol. The van der Waals surface area contributed by atoms with Crippen LogP contribution in [0.4, 0.5) is 0 Å². The zero-order chi connectivity index (χ0) is 23.4. The molecule has 0 bridgehead atoms. The summed E-state index contributed by atoms with van der Waals surface area (Å²) >= 11 is 0. The molecule has 1 aromatic heterocycles. The number of aromatic nitrogens is 1. The topological polar surface area (TPSA) is 86.5 Å². The zero-order valence-corrected chi connectivity index (χ0v) is 18.9. The minimum atomic E-state index is -0.206. The molecule has 1 N–H and O–H groups in total. The Labute approximate surface area is 194 Å². The molecule has 1 fully saturated rings. The van der Waals surface area contributed by atoms with Crippen molar-refractivity contribution in [2.75, 3.05) is 6.54 Å². The third kappa shape index (κ3) is 4.74. The molecule has 6 heteroatoms. The predicted molar refractivity (Wildman–Crippen MR) is 126 cm³/mol. The summed E-state index contributed by atoms with van der Waals surface area (Å²) < 4.78 is 6.16. The van der Waals surface area contributed by atoms with Crippen molar-refractivity contribution in [3.8, 4) is 23.1 Å². The van der Waals surface area contributed by atoms with E-state index < -0.39 is 0 Å². The molecule has 1 aliphatic heterocycles. The first-order chi connectivity index (χ1) is 16.0. The highest BCUT2D eigenvalue weighted by Crippen LogP contribution is 2.30. The van der Waals surface area contributed by atoms with Crippen molar-refractivity contribution in [2.24, 2.45) is 0 Å². The number of nitrogens with zero attached hydrogens (tertiary/aromatic N) is 3. The van der Waals surface area contributed by atoms with Crippen LogP contribution >= 0.6 is 0 Å². The highest BCUT2D eigenvalue weighted by Gasteiger charge is 2.32. The van der Waals surface area contributed by atoms with Gasteiger partial charge in [0.2, 0.25) is 5.88 Å². The van der Waals surface area contributed by atoms with Gasteiger partial charge in [-0.15, -0.1) is 0 Å². The smallest absolute Gasteiger partial charge is 0.254 e. The molecule has 6 nitrogen and oxygen atoms in total. The van der Waals surface area contributed by atoms with Gasteiger partial charge in [0.25, 0.3) is 5.91 Å². The molecule has 1 saturated heterocycles. The van der Waals surface area contributed by atoms with Crippen molar-refractivity contribution < 1.29 is 14.6 Å². The Bertz CT molecular complexity index is 1190. The van der Waals surface area contributed by atoms with E-state index in [2.05, 4.69) is 18.0 Å². The Balaban J connectivity index is 1.61. The van der Waals surface area contributed by atoms with Crippen molar-refractivity contribution in [1.82, 2.24) is 9.88 Å². The van der Waals surface area contributed by atoms with Gasteiger partial charge in [0, 0.05) is 23.4 Å². The average Bonchev–Trinajstić information content (AvgIpc) is 2.86. The lowest BCUT2D eigenvalue weighted by Gasteiger charge is -2.38. The summed E-state index contributed by atoms with van der Waals surface area (Å²) in [6.45, 7) is 4.23. The molecule has 3 aromatic rings. The molecule has 2 unspecified atom stereocenters. The summed E-state index contributed by atoms with van der Waals surface area (Å²) in [6, 6.07) is 19.1. The number of rotatable bonds is 5. The third-order valence-corrected chi connectivity index (χ3v) is 6.24. The minimum Gasteiger partial charge on any atom is -0.472 e. The number of aliphatic hydroxyl groups is 1. The summed E-state index contributed by atoms with van der Waals surface area (Å²) in [4.78, 5) is 19.9. The summed E-state index contributed by atoms with van der Waals surface area (Å²) in [5.41, 5.74) is 4.35. The van der Waals surface area contributed by atoms with E-state index >= 15 is 0 Å². The number of carbonyl (C=O) groups excluding carboxylic acids is 1. The first kappa shape index (κ1) is 22.5. The number of pyridine rings is 1. The van der Waals surface area contributed by atoms with Gasteiger partial charge in [-0.3, -0.25) is 4.79 Å². The molecule has 0 spiro atoms. The van der Waals surface area contributed by atoms with E-state index in [9.17, 15) is 15.2 Å². The number of carbonyl (C=O) groups is 1. The largest absolute Gasteiger partial charge is 0.472 e. The fourth-order valence-corrected chi connectivity index (χ4v) is 4.25. The first-order valence-corrected chi connectivity index (χ1v) is 11.1. The molecule has 2 aromatic carbocycles. The fourth-order valence-electron chi connectivity index (χ4n) is 4.25. The quantitative estimate of drug-likeness (QED) is 0.630. The second kappa shape index (κ2) is 9.85. The number of nitriles is 1. The Morgan fingerprint density at radius 2 is 2.00 bits per heavy atom. The summed E-state index contributed by atoms with van der Waals surface area (Å²) in [5, 5.41) is 18.9. The lowest BCUT2D eigenvalue weighted by atomic mass is 9.94. The van der Waals surface area contributed by atoms with Crippen molar-refractivity contribution >= 4 is 5.91 Å². The molecule has 168 valence electrons. The summed E-state index contributed by atoms with van der Waals surface area (Å²) in [5.74, 6) is 0.382. The number of benzene rings is 2. The molecule has 4 rings (SSSR count). The predicted octanol–water partition coefficient (Wildman–Crippen LogP) is 4.49. The molecule has 33 heavy (non-hydrogen) atoms. The van der Waals surface area contributed by atoms with Gasteiger partial charge in [0.1, 0.15) is 6.10 Å². The molecule has 0 aliphatic carbocycles. The van der Waals surface area contributed by atoms with E-state index in [0.29, 0.717) is 29.1 Å². The Morgan fingerprint density at radius 3 is 2.73 bits per heavy atom. The van der Waals surface area contributed by atoms with Crippen LogP contribution in [0, 0.1) is 18.3 Å². The molecular weight excluding hydrogens is 414 g/mol. The van der Waals surface area contributed by atoms with Crippen LogP contribution in [0.2, 0.25) is 0 Å². The highest BCUT2D eigenvalue weighted by molar-refractivity contribution is 6.01. The standard InChI is InChI=1S/C27H27N3O3/c1-18-8-10-23(33-26-19(2)22(15-28)12-13-29-26)16-30(18)27(32)24-11-9-20(17-31)14-25(24)21-6-4-3-5-7-21/h3-7,9,11-14,18,23,31H,8,10,16-17H2,1-2H3. The summed E-state index contributed by atoms with van der Waals surface area (Å²) in [6.07, 6.45) is 2.98. The molecular formula is C27H27N3O3. The van der Waals surface area contributed by atoms with Gasteiger partial charge in [-0.05, 0) is 61.6 Å². The van der Waals surface area contributed by atoms with Gasteiger partial charge < -0.3 is 14.7 Å². The van der Waals surface area contributed by atoms with Gasteiger partial charge in [-0.2, -0.15) is 5.26 Å². The van der Waals surface area contributed by atoms with E-state index in [1.165, 1.54) is 0 Å². The maximum Gasteiger partial charge on any atom is 0.254 e. The highest BCUT2D eigenvalue weighted by atomic mass is 16.5. The normalized spacial score (nSPS) is 17.9. The lowest BCUT2D eigenvalue weighted by Crippen LogP contribution is -2.49. The van der Waals surface area contributed by atoms with Crippen LogP contribution in [0.3, 0.4) is 0 Å². The van der Waals surface area contributed by atoms with E-state index in [1.807, 2.05) is 48.2 Å². The number of amides is 1. The molecule has 0 saturated carbocycles. The number of piperidine rings is 1. The Kier molecular flexibility index (Phi) is 6.71. The van der Waals surface area contributed by atoms with Gasteiger partial charge >= 0.3 is 0 Å². The second-order valence-electron chi connectivity index (χ2n) is 8.43. The Morgan fingerprint density at radius 1 is 1.21 bits per heavy atom. The first-order valence-electron chi connectivity index (χ1n) is 11.1. The van der Waals surface area contributed by atoms with E-state index in [1.54, 1.807) is 24.4 Å². The van der Waals surface area contributed by atoms with Crippen LogP contribution in [0.15, 0.2) is 60.8 Å². The van der Waals surface area contributed by atoms with Gasteiger partial charge in [-0.25, -0.2) is 4.98 Å². The van der Waals surface area contributed by atoms with Crippen molar-refractivity contribution in [1.29, 1.82) is 5.26 Å². The van der Waals surface area contributed by atoms with Crippen molar-refractivity contribution in [2.45, 2.75) is 45.4 Å². The van der Waals surface area contributed by atoms with E-state index in [4.69, 9.17) is 4.74 Å². The molecule has 2 heterocycles. The number of hydrogen-bond acceptors (Lipinski definition) is 5. The molecule has 1 aliphatic rings. The minimum absolute atomic E-state index is 0.0606. The van der Waals surface area contributed by atoms with Gasteiger partial charge in [0.15, 0.2) is 0 Å². The van der Waals surface area contributed by atoms with Crippen LogP contribution in [0.5, 0.6) is 5.88 Å². The Hall–Kier alpha value is -3.69. The molecule has 2 atom stereocenters.